The molecule has 1 aliphatic heterocycles. The van der Waals surface area contributed by atoms with Crippen LogP contribution >= 0.6 is 11.8 Å². The van der Waals surface area contributed by atoms with E-state index < -0.39 is 0 Å². The van der Waals surface area contributed by atoms with Crippen LogP contribution in [0.15, 0.2) is 77.7 Å². The molecule has 1 aliphatic rings. The molecule has 1 unspecified atom stereocenters. The molecule has 3 aromatic rings. The first kappa shape index (κ1) is 23.9. The van der Waals surface area contributed by atoms with Gasteiger partial charge in [0.05, 0.1) is 18.4 Å². The maximum Gasteiger partial charge on any atom is 0.252 e. The number of ether oxygens (including phenoxy) is 1. The number of anilines is 1. The Kier molecular flexibility index (Phi) is 7.91. The van der Waals surface area contributed by atoms with Gasteiger partial charge in [-0.3, -0.25) is 9.59 Å². The highest BCUT2D eigenvalue weighted by atomic mass is 32.2. The molecule has 0 radical (unpaired) electrons. The molecule has 0 spiro atoms. The summed E-state index contributed by atoms with van der Waals surface area (Å²) in [7, 11) is 1.66. The second-order valence-electron chi connectivity index (χ2n) is 8.47. The van der Waals surface area contributed by atoms with Gasteiger partial charge in [-0.1, -0.05) is 42.5 Å². The third kappa shape index (κ3) is 5.81. The summed E-state index contributed by atoms with van der Waals surface area (Å²) in [5.74, 6) is 1.10. The van der Waals surface area contributed by atoms with Crippen molar-refractivity contribution in [3.05, 3.63) is 89.5 Å². The average molecular weight is 475 g/mol. The number of nitrogens with zero attached hydrogens (tertiary/aromatic N) is 1. The molecule has 0 saturated heterocycles. The predicted octanol–water partition coefficient (Wildman–Crippen LogP) is 5.13. The Bertz CT molecular complexity index is 1150. The van der Waals surface area contributed by atoms with Gasteiger partial charge in [0, 0.05) is 23.2 Å². The monoisotopic (exact) mass is 474 g/mol. The van der Waals surface area contributed by atoms with E-state index in [4.69, 9.17) is 4.74 Å². The Hall–Kier alpha value is -3.25. The number of nitrogens with one attached hydrogen (secondary N) is 1. The molecular formula is C28H30N2O3S. The Labute approximate surface area is 205 Å². The van der Waals surface area contributed by atoms with Crippen LogP contribution < -0.4 is 15.0 Å². The SMILES string of the molecule is COc1ccc(CCC(C)NC(=O)c2ccccc2SCC(=O)N2CCc3ccccc32)cc1. The Morgan fingerprint density at radius 1 is 1.03 bits per heavy atom. The topological polar surface area (TPSA) is 58.6 Å². The lowest BCUT2D eigenvalue weighted by atomic mass is 10.1. The van der Waals surface area contributed by atoms with Crippen molar-refractivity contribution in [3.8, 4) is 5.75 Å². The molecule has 5 nitrogen and oxygen atoms in total. The van der Waals surface area contributed by atoms with Gasteiger partial charge in [-0.2, -0.15) is 0 Å². The number of methoxy groups -OCH3 is 1. The minimum atomic E-state index is -0.107. The van der Waals surface area contributed by atoms with Crippen molar-refractivity contribution in [1.29, 1.82) is 0 Å². The molecule has 4 rings (SSSR count). The zero-order chi connectivity index (χ0) is 23.9. The Balaban J connectivity index is 1.32. The molecule has 176 valence electrons. The van der Waals surface area contributed by atoms with E-state index in [9.17, 15) is 9.59 Å². The van der Waals surface area contributed by atoms with Crippen LogP contribution in [0.3, 0.4) is 0 Å². The molecule has 0 fully saturated rings. The first-order chi connectivity index (χ1) is 16.5. The van der Waals surface area contributed by atoms with Crippen LogP contribution in [-0.2, 0) is 17.6 Å². The summed E-state index contributed by atoms with van der Waals surface area (Å²) in [5.41, 5.74) is 4.03. The second kappa shape index (κ2) is 11.3. The fraction of sp³-hybridized carbons (Fsp3) is 0.286. The van der Waals surface area contributed by atoms with Gasteiger partial charge in [0.2, 0.25) is 5.91 Å². The molecule has 0 bridgehead atoms. The summed E-state index contributed by atoms with van der Waals surface area (Å²) >= 11 is 1.42. The van der Waals surface area contributed by atoms with Gasteiger partial charge in [-0.05, 0) is 67.6 Å². The number of aryl methyl sites for hydroxylation is 1. The molecule has 6 heteroatoms. The van der Waals surface area contributed by atoms with Gasteiger partial charge >= 0.3 is 0 Å². The van der Waals surface area contributed by atoms with Crippen LogP contribution in [0.25, 0.3) is 0 Å². The average Bonchev–Trinajstić information content (AvgIpc) is 3.31. The van der Waals surface area contributed by atoms with Crippen molar-refractivity contribution in [1.82, 2.24) is 5.32 Å². The molecule has 2 amide bonds. The standard InChI is InChI=1S/C28H30N2O3S/c1-20(11-12-21-13-15-23(33-2)16-14-21)29-28(32)24-8-4-6-10-26(24)34-19-27(31)30-18-17-22-7-3-5-9-25(22)30/h3-10,13-16,20H,11-12,17-19H2,1-2H3,(H,29,32). The number of carbonyl (C=O) groups excluding carboxylic acids is 2. The fourth-order valence-corrected chi connectivity index (χ4v) is 5.07. The van der Waals surface area contributed by atoms with Gasteiger partial charge < -0.3 is 15.0 Å². The summed E-state index contributed by atoms with van der Waals surface area (Å²) in [4.78, 5) is 28.6. The first-order valence-electron chi connectivity index (χ1n) is 11.6. The van der Waals surface area contributed by atoms with Crippen LogP contribution in [0, 0.1) is 0 Å². The van der Waals surface area contributed by atoms with E-state index in [1.807, 2.05) is 66.4 Å². The third-order valence-corrected chi connectivity index (χ3v) is 7.13. The highest BCUT2D eigenvalue weighted by Gasteiger charge is 2.24. The van der Waals surface area contributed by atoms with Crippen molar-refractivity contribution in [3.63, 3.8) is 0 Å². The molecule has 34 heavy (non-hydrogen) atoms. The van der Waals surface area contributed by atoms with Gasteiger partial charge in [-0.25, -0.2) is 0 Å². The largest absolute Gasteiger partial charge is 0.497 e. The Morgan fingerprint density at radius 3 is 2.56 bits per heavy atom. The Morgan fingerprint density at radius 2 is 1.76 bits per heavy atom. The number of rotatable bonds is 9. The smallest absolute Gasteiger partial charge is 0.252 e. The lowest BCUT2D eigenvalue weighted by Crippen LogP contribution is -2.33. The molecule has 0 aromatic heterocycles. The van der Waals surface area contributed by atoms with Crippen LogP contribution in [0.5, 0.6) is 5.75 Å². The van der Waals surface area contributed by atoms with E-state index in [0.29, 0.717) is 17.9 Å². The van der Waals surface area contributed by atoms with E-state index in [2.05, 4.69) is 23.5 Å². The minimum Gasteiger partial charge on any atom is -0.497 e. The van der Waals surface area contributed by atoms with Crippen LogP contribution in [0.4, 0.5) is 5.69 Å². The summed E-state index contributed by atoms with van der Waals surface area (Å²) in [6.45, 7) is 2.73. The van der Waals surface area contributed by atoms with E-state index in [-0.39, 0.29) is 17.9 Å². The summed E-state index contributed by atoms with van der Waals surface area (Å²) in [5, 5.41) is 3.11. The fourth-order valence-electron chi connectivity index (χ4n) is 4.14. The normalized spacial score (nSPS) is 13.3. The number of thioether (sulfide) groups is 1. The molecular weight excluding hydrogens is 444 g/mol. The molecule has 1 heterocycles. The molecule has 1 N–H and O–H groups in total. The molecule has 3 aromatic carbocycles. The summed E-state index contributed by atoms with van der Waals surface area (Å²) in [6, 6.07) is 23.6. The molecule has 0 aliphatic carbocycles. The van der Waals surface area contributed by atoms with Gasteiger partial charge in [-0.15, -0.1) is 11.8 Å². The van der Waals surface area contributed by atoms with Crippen LogP contribution in [0.1, 0.15) is 34.8 Å². The van der Waals surface area contributed by atoms with E-state index in [1.54, 1.807) is 7.11 Å². The number of fused-ring (bicyclic) bond motifs is 1. The van der Waals surface area contributed by atoms with Crippen molar-refractivity contribution < 1.29 is 14.3 Å². The maximum atomic E-state index is 13.0. The lowest BCUT2D eigenvalue weighted by molar-refractivity contribution is -0.116. The van der Waals surface area contributed by atoms with E-state index in [1.165, 1.54) is 22.9 Å². The third-order valence-electron chi connectivity index (χ3n) is 6.07. The highest BCUT2D eigenvalue weighted by Crippen LogP contribution is 2.29. The molecule has 1 atom stereocenters. The van der Waals surface area contributed by atoms with Crippen molar-refractivity contribution >= 4 is 29.3 Å². The number of carbonyl (C=O) groups is 2. The highest BCUT2D eigenvalue weighted by molar-refractivity contribution is 8.00. The van der Waals surface area contributed by atoms with E-state index >= 15 is 0 Å². The lowest BCUT2D eigenvalue weighted by Gasteiger charge is -2.18. The zero-order valence-corrected chi connectivity index (χ0v) is 20.4. The maximum absolute atomic E-state index is 13.0. The van der Waals surface area contributed by atoms with Crippen molar-refractivity contribution in [2.75, 3.05) is 24.3 Å². The van der Waals surface area contributed by atoms with Crippen molar-refractivity contribution in [2.45, 2.75) is 37.1 Å². The number of benzene rings is 3. The van der Waals surface area contributed by atoms with E-state index in [0.717, 1.165) is 35.6 Å². The summed E-state index contributed by atoms with van der Waals surface area (Å²) < 4.78 is 5.20. The van der Waals surface area contributed by atoms with Crippen LogP contribution in [-0.4, -0.2) is 37.3 Å². The minimum absolute atomic E-state index is 0.0235. The van der Waals surface area contributed by atoms with Gasteiger partial charge in [0.1, 0.15) is 5.75 Å². The van der Waals surface area contributed by atoms with Gasteiger partial charge in [0.25, 0.3) is 5.91 Å². The quantitative estimate of drug-likeness (QED) is 0.437. The second-order valence-corrected chi connectivity index (χ2v) is 9.49. The zero-order valence-electron chi connectivity index (χ0n) is 19.6. The number of para-hydroxylation sites is 1. The predicted molar refractivity (Wildman–Crippen MR) is 138 cm³/mol. The number of amides is 2. The van der Waals surface area contributed by atoms with Crippen molar-refractivity contribution in [2.24, 2.45) is 0 Å². The number of hydrogen-bond acceptors (Lipinski definition) is 4. The molecule has 0 saturated carbocycles. The van der Waals surface area contributed by atoms with Crippen LogP contribution in [0.2, 0.25) is 0 Å². The van der Waals surface area contributed by atoms with Gasteiger partial charge in [0.15, 0.2) is 0 Å². The summed E-state index contributed by atoms with van der Waals surface area (Å²) in [6.07, 6.45) is 2.59. The number of hydrogen-bond donors (Lipinski definition) is 1. The first-order valence-corrected chi connectivity index (χ1v) is 12.6.